The molecule has 4 heteroatoms. The van der Waals surface area contributed by atoms with E-state index in [1.165, 1.54) is 12.8 Å². The number of benzene rings is 1. The van der Waals surface area contributed by atoms with E-state index in [1.807, 2.05) is 12.1 Å². The molecule has 0 aromatic heterocycles. The molecule has 2 rings (SSSR count). The van der Waals surface area contributed by atoms with Gasteiger partial charge in [0, 0.05) is 18.3 Å². The third-order valence-electron chi connectivity index (χ3n) is 3.58. The topological polar surface area (TPSA) is 61.8 Å². The van der Waals surface area contributed by atoms with Gasteiger partial charge in [0.15, 0.2) is 0 Å². The first-order chi connectivity index (χ1) is 8.69. The minimum Gasteiger partial charge on any atom is -0.385 e. The van der Waals surface area contributed by atoms with E-state index < -0.39 is 0 Å². The highest BCUT2D eigenvalue weighted by atomic mass is 35.5. The number of nitrogens with one attached hydrogen (secondary N) is 1. The minimum atomic E-state index is 0.394. The second-order valence-electron chi connectivity index (χ2n) is 4.97. The summed E-state index contributed by atoms with van der Waals surface area (Å²) in [5, 5.41) is 12.7. The maximum atomic E-state index is 8.80. The van der Waals surface area contributed by atoms with Crippen molar-refractivity contribution in [1.82, 2.24) is 0 Å². The van der Waals surface area contributed by atoms with Crippen LogP contribution in [0.5, 0.6) is 0 Å². The molecule has 0 atom stereocenters. The second kappa shape index (κ2) is 6.08. The molecule has 0 radical (unpaired) electrons. The van der Waals surface area contributed by atoms with Crippen molar-refractivity contribution in [1.29, 1.82) is 5.26 Å². The number of rotatable bonds is 3. The summed E-state index contributed by atoms with van der Waals surface area (Å²) in [5.41, 5.74) is 7.39. The number of anilines is 1. The van der Waals surface area contributed by atoms with Crippen LogP contribution < -0.4 is 11.1 Å². The number of nitriles is 1. The Balaban J connectivity index is 1.87. The van der Waals surface area contributed by atoms with Crippen LogP contribution in [-0.2, 0) is 0 Å². The lowest BCUT2D eigenvalue weighted by atomic mass is 9.86. The van der Waals surface area contributed by atoms with Gasteiger partial charge >= 0.3 is 0 Å². The molecule has 1 aliphatic carbocycles. The highest BCUT2D eigenvalue weighted by Gasteiger charge is 2.18. The largest absolute Gasteiger partial charge is 0.385 e. The first kappa shape index (κ1) is 13.2. The van der Waals surface area contributed by atoms with Crippen LogP contribution in [0, 0.1) is 17.2 Å². The normalized spacial score (nSPS) is 23.4. The van der Waals surface area contributed by atoms with Crippen molar-refractivity contribution >= 4 is 17.3 Å². The first-order valence-electron chi connectivity index (χ1n) is 6.38. The Kier molecular flexibility index (Phi) is 4.46. The van der Waals surface area contributed by atoms with Gasteiger partial charge in [0.2, 0.25) is 0 Å². The molecule has 1 saturated carbocycles. The third-order valence-corrected chi connectivity index (χ3v) is 3.89. The van der Waals surface area contributed by atoms with Crippen molar-refractivity contribution < 1.29 is 0 Å². The van der Waals surface area contributed by atoms with E-state index in [0.29, 0.717) is 22.5 Å². The molecule has 0 spiro atoms. The number of hydrogen-bond donors (Lipinski definition) is 2. The van der Waals surface area contributed by atoms with E-state index in [1.54, 1.807) is 6.07 Å². The zero-order valence-electron chi connectivity index (χ0n) is 10.3. The summed E-state index contributed by atoms with van der Waals surface area (Å²) in [5.74, 6) is 0.694. The first-order valence-corrected chi connectivity index (χ1v) is 6.76. The Labute approximate surface area is 113 Å². The monoisotopic (exact) mass is 263 g/mol. The summed E-state index contributed by atoms with van der Waals surface area (Å²) >= 11 is 5.99. The molecule has 1 aromatic rings. The predicted octanol–water partition coefficient (Wildman–Crippen LogP) is 3.14. The summed E-state index contributed by atoms with van der Waals surface area (Å²) < 4.78 is 0. The molecule has 0 amide bonds. The molecule has 1 fully saturated rings. The van der Waals surface area contributed by atoms with E-state index in [0.717, 1.165) is 25.1 Å². The van der Waals surface area contributed by atoms with Crippen LogP contribution in [0.3, 0.4) is 0 Å². The molecule has 1 aromatic carbocycles. The molecule has 3 N–H and O–H groups in total. The van der Waals surface area contributed by atoms with Gasteiger partial charge in [-0.25, -0.2) is 0 Å². The van der Waals surface area contributed by atoms with Crippen molar-refractivity contribution in [3.63, 3.8) is 0 Å². The van der Waals surface area contributed by atoms with Crippen molar-refractivity contribution in [2.45, 2.75) is 31.7 Å². The van der Waals surface area contributed by atoms with Crippen LogP contribution in [0.1, 0.15) is 31.2 Å². The molecule has 0 heterocycles. The fraction of sp³-hybridized carbons (Fsp3) is 0.500. The summed E-state index contributed by atoms with van der Waals surface area (Å²) in [7, 11) is 0. The number of nitrogens with two attached hydrogens (primary N) is 1. The van der Waals surface area contributed by atoms with Crippen LogP contribution in [0.25, 0.3) is 0 Å². The van der Waals surface area contributed by atoms with Gasteiger partial charge in [-0.2, -0.15) is 5.26 Å². The average molecular weight is 264 g/mol. The standard InChI is InChI=1S/C14H18ClN3/c15-14-7-13(6-3-11(14)8-16)18-9-10-1-4-12(17)5-2-10/h3,6-7,10,12,18H,1-2,4-5,9,17H2. The third kappa shape index (κ3) is 3.38. The molecule has 18 heavy (non-hydrogen) atoms. The lowest BCUT2D eigenvalue weighted by Crippen LogP contribution is -2.29. The molecule has 0 aliphatic heterocycles. The van der Waals surface area contributed by atoms with E-state index >= 15 is 0 Å². The Morgan fingerprint density at radius 1 is 1.33 bits per heavy atom. The number of halogens is 1. The second-order valence-corrected chi connectivity index (χ2v) is 5.38. The molecule has 0 bridgehead atoms. The van der Waals surface area contributed by atoms with Crippen molar-refractivity contribution in [2.75, 3.05) is 11.9 Å². The molecule has 96 valence electrons. The summed E-state index contributed by atoms with van der Waals surface area (Å²) in [6, 6.07) is 7.92. The molecular formula is C14H18ClN3. The quantitative estimate of drug-likeness (QED) is 0.881. The van der Waals surface area contributed by atoms with E-state index in [2.05, 4.69) is 11.4 Å². The van der Waals surface area contributed by atoms with Crippen LogP contribution >= 0.6 is 11.6 Å². The average Bonchev–Trinajstić information content (AvgIpc) is 2.38. The van der Waals surface area contributed by atoms with Crippen LogP contribution in [-0.4, -0.2) is 12.6 Å². The van der Waals surface area contributed by atoms with Crippen LogP contribution in [0.15, 0.2) is 18.2 Å². The summed E-state index contributed by atoms with van der Waals surface area (Å²) in [4.78, 5) is 0. The Morgan fingerprint density at radius 2 is 2.06 bits per heavy atom. The van der Waals surface area contributed by atoms with Crippen molar-refractivity contribution in [2.24, 2.45) is 11.7 Å². The zero-order chi connectivity index (χ0) is 13.0. The van der Waals surface area contributed by atoms with Crippen molar-refractivity contribution in [3.8, 4) is 6.07 Å². The van der Waals surface area contributed by atoms with Crippen molar-refractivity contribution in [3.05, 3.63) is 28.8 Å². The minimum absolute atomic E-state index is 0.394. The van der Waals surface area contributed by atoms with Crippen LogP contribution in [0.4, 0.5) is 5.69 Å². The summed E-state index contributed by atoms with van der Waals surface area (Å²) in [6.45, 7) is 0.953. The Morgan fingerprint density at radius 3 is 2.67 bits per heavy atom. The van der Waals surface area contributed by atoms with E-state index in [4.69, 9.17) is 22.6 Å². The molecule has 0 saturated heterocycles. The van der Waals surface area contributed by atoms with Gasteiger partial charge in [0.05, 0.1) is 10.6 Å². The molecule has 0 unspecified atom stereocenters. The fourth-order valence-electron chi connectivity index (χ4n) is 2.37. The highest BCUT2D eigenvalue weighted by Crippen LogP contribution is 2.25. The van der Waals surface area contributed by atoms with Gasteiger partial charge in [-0.3, -0.25) is 0 Å². The summed E-state index contributed by atoms with van der Waals surface area (Å²) in [6.07, 6.45) is 4.64. The smallest absolute Gasteiger partial charge is 0.101 e. The van der Waals surface area contributed by atoms with E-state index in [-0.39, 0.29) is 0 Å². The van der Waals surface area contributed by atoms with Gasteiger partial charge in [-0.15, -0.1) is 0 Å². The highest BCUT2D eigenvalue weighted by molar-refractivity contribution is 6.32. The van der Waals surface area contributed by atoms with E-state index in [9.17, 15) is 0 Å². The molecule has 3 nitrogen and oxygen atoms in total. The molecule has 1 aliphatic rings. The Bertz CT molecular complexity index is 445. The molecular weight excluding hydrogens is 246 g/mol. The van der Waals surface area contributed by atoms with Gasteiger partial charge in [0.25, 0.3) is 0 Å². The Hall–Kier alpha value is -1.24. The van der Waals surface area contributed by atoms with Gasteiger partial charge in [-0.1, -0.05) is 11.6 Å². The van der Waals surface area contributed by atoms with Crippen LogP contribution in [0.2, 0.25) is 5.02 Å². The maximum absolute atomic E-state index is 8.80. The SMILES string of the molecule is N#Cc1ccc(NCC2CCC(N)CC2)cc1Cl. The maximum Gasteiger partial charge on any atom is 0.101 e. The number of nitrogens with zero attached hydrogens (tertiary/aromatic N) is 1. The van der Waals surface area contributed by atoms with Gasteiger partial charge < -0.3 is 11.1 Å². The predicted molar refractivity (Wildman–Crippen MR) is 74.6 cm³/mol. The zero-order valence-corrected chi connectivity index (χ0v) is 11.1. The fourth-order valence-corrected chi connectivity index (χ4v) is 2.59. The van der Waals surface area contributed by atoms with Gasteiger partial charge in [0.1, 0.15) is 6.07 Å². The lowest BCUT2D eigenvalue weighted by molar-refractivity contribution is 0.339. The van der Waals surface area contributed by atoms with Gasteiger partial charge in [-0.05, 0) is 49.8 Å². The lowest BCUT2D eigenvalue weighted by Gasteiger charge is -2.26. The number of hydrogen-bond acceptors (Lipinski definition) is 3.